The van der Waals surface area contributed by atoms with Gasteiger partial charge in [-0.2, -0.15) is 4.98 Å². The number of imidazole rings is 1. The fourth-order valence-electron chi connectivity index (χ4n) is 5.05. The van der Waals surface area contributed by atoms with E-state index in [1.807, 2.05) is 0 Å². The van der Waals surface area contributed by atoms with E-state index < -0.39 is 55.4 Å². The Morgan fingerprint density at radius 3 is 2.90 bits per heavy atom. The lowest BCUT2D eigenvalue weighted by Gasteiger charge is -2.30. The van der Waals surface area contributed by atoms with Crippen molar-refractivity contribution in [2.24, 2.45) is 17.6 Å². The normalized spacial score (nSPS) is 27.0. The number of esters is 1. The number of fused-ring (bicyclic) bond motifs is 1. The number of nitrogens with two attached hydrogens (primary N) is 2. The number of hydrogen-bond donors (Lipinski definition) is 3. The number of anilines is 1. The number of aromatic amines is 1. The van der Waals surface area contributed by atoms with Gasteiger partial charge in [-0.25, -0.2) is 13.9 Å². The molecule has 42 heavy (non-hydrogen) atoms. The van der Waals surface area contributed by atoms with Gasteiger partial charge < -0.3 is 20.8 Å². The number of H-pyrrole nitrogens is 1. The molecule has 3 aromatic rings. The third-order valence-electron chi connectivity index (χ3n) is 7.46. The lowest BCUT2D eigenvalue weighted by atomic mass is 10.0. The van der Waals surface area contributed by atoms with E-state index in [9.17, 15) is 18.5 Å². The highest BCUT2D eigenvalue weighted by atomic mass is 35.5. The van der Waals surface area contributed by atoms with Crippen molar-refractivity contribution in [2.75, 3.05) is 18.9 Å². The summed E-state index contributed by atoms with van der Waals surface area (Å²) in [5.74, 6) is -2.18. The van der Waals surface area contributed by atoms with Crippen molar-refractivity contribution in [2.45, 2.75) is 51.0 Å². The molecule has 2 aromatic heterocycles. The second-order valence-corrected chi connectivity index (χ2v) is 12.6. The quantitative estimate of drug-likeness (QED) is 0.188. The molecule has 1 aliphatic carbocycles. The summed E-state index contributed by atoms with van der Waals surface area (Å²) in [5, 5.41) is 0.292. The minimum absolute atomic E-state index is 0.0214. The fraction of sp³-hybridized carbons (Fsp3) is 0.462. The van der Waals surface area contributed by atoms with Crippen molar-refractivity contribution in [3.05, 3.63) is 63.4 Å². The number of nitrogen functional groups attached to an aromatic ring is 1. The number of carbonyl (C=O) groups is 1. The summed E-state index contributed by atoms with van der Waals surface area (Å²) >= 11 is 6.03. The molecule has 1 aliphatic heterocycles. The van der Waals surface area contributed by atoms with Crippen molar-refractivity contribution in [3.8, 4) is 0 Å². The number of phosphoric acid groups is 1. The molecule has 0 bridgehead atoms. The molecular weight excluding hydrogens is 594 g/mol. The molecule has 0 amide bonds. The Balaban J connectivity index is 1.40. The summed E-state index contributed by atoms with van der Waals surface area (Å²) in [7, 11) is -4.19. The van der Waals surface area contributed by atoms with Crippen molar-refractivity contribution < 1.29 is 32.1 Å². The van der Waals surface area contributed by atoms with E-state index in [0.717, 1.165) is 0 Å². The summed E-state index contributed by atoms with van der Waals surface area (Å²) in [6.07, 6.45) is 0.107. The van der Waals surface area contributed by atoms with E-state index in [0.29, 0.717) is 10.6 Å². The van der Waals surface area contributed by atoms with Crippen LogP contribution in [0.4, 0.5) is 10.3 Å². The Morgan fingerprint density at radius 1 is 1.40 bits per heavy atom. The molecule has 2 fully saturated rings. The number of aromatic nitrogens is 4. The Kier molecular flexibility index (Phi) is 8.57. The van der Waals surface area contributed by atoms with Gasteiger partial charge in [0.25, 0.3) is 5.56 Å². The van der Waals surface area contributed by atoms with Crippen molar-refractivity contribution in [3.63, 3.8) is 0 Å². The van der Waals surface area contributed by atoms with Crippen molar-refractivity contribution in [1.82, 2.24) is 19.5 Å². The van der Waals surface area contributed by atoms with Gasteiger partial charge in [-0.1, -0.05) is 32.0 Å². The first-order chi connectivity index (χ1) is 19.9. The molecule has 6 atom stereocenters. The molecule has 1 aromatic carbocycles. The number of ether oxygens (including phenoxy) is 1. The van der Waals surface area contributed by atoms with Crippen LogP contribution in [0.1, 0.15) is 44.4 Å². The number of benzene rings is 1. The van der Waals surface area contributed by atoms with Gasteiger partial charge in [0.05, 0.1) is 31.7 Å². The Hall–Kier alpha value is -3.13. The fourth-order valence-corrected chi connectivity index (χ4v) is 6.63. The molecule has 3 heterocycles. The van der Waals surface area contributed by atoms with Crippen LogP contribution in [0.25, 0.3) is 11.2 Å². The van der Waals surface area contributed by atoms with E-state index >= 15 is 0 Å². The molecule has 2 aliphatic rings. The zero-order chi connectivity index (χ0) is 30.3. The first kappa shape index (κ1) is 30.3. The summed E-state index contributed by atoms with van der Waals surface area (Å²) in [5.41, 5.74) is 12.2. The second-order valence-electron chi connectivity index (χ2n) is 10.6. The van der Waals surface area contributed by atoms with E-state index in [4.69, 9.17) is 41.4 Å². The predicted molar refractivity (Wildman–Crippen MR) is 151 cm³/mol. The van der Waals surface area contributed by atoms with Gasteiger partial charge in [-0.05, 0) is 29.7 Å². The molecule has 1 saturated heterocycles. The summed E-state index contributed by atoms with van der Waals surface area (Å²) < 4.78 is 52.2. The van der Waals surface area contributed by atoms with Crippen molar-refractivity contribution in [1.29, 1.82) is 0 Å². The standard InChI is InChI=1S/C26H31ClFN6O7P/c1-12(2)21(29)25(36)40-20-9-18(34-11-31-22-23(34)32-26(30)33-24(22)35)13(3)16(20)10-39-42(37)38-7-6-19(41-42)15-8-14(27)4-5-17(15)28/h4-5,8,11-12,16,18-21H,3,6-7,9-10,29H2,1-2H3,(H3,30,32,33,35)/t16-,18-,19+,20-,21-,42?/m0/s1. The molecule has 5 rings (SSSR count). The van der Waals surface area contributed by atoms with Crippen LogP contribution in [0.3, 0.4) is 0 Å². The zero-order valence-electron chi connectivity index (χ0n) is 22.9. The van der Waals surface area contributed by atoms with Crippen LogP contribution < -0.4 is 17.0 Å². The maximum absolute atomic E-state index is 14.5. The van der Waals surface area contributed by atoms with E-state index in [1.165, 1.54) is 24.5 Å². The van der Waals surface area contributed by atoms with Gasteiger partial charge >= 0.3 is 13.8 Å². The number of halogens is 2. The van der Waals surface area contributed by atoms with Crippen LogP contribution >= 0.6 is 19.4 Å². The zero-order valence-corrected chi connectivity index (χ0v) is 24.5. The summed E-state index contributed by atoms with van der Waals surface area (Å²) in [6.45, 7) is 7.47. The molecule has 1 unspecified atom stereocenters. The summed E-state index contributed by atoms with van der Waals surface area (Å²) in [4.78, 5) is 36.0. The van der Waals surface area contributed by atoms with Gasteiger partial charge in [0, 0.05) is 29.3 Å². The molecular formula is C26H31ClFN6O7P. The minimum Gasteiger partial charge on any atom is -0.460 e. The SMILES string of the molecule is C=C1[C@H](COP2(=O)OCC[C@H](c3cc(Cl)ccc3F)O2)[C@@H](OC(=O)[C@@H](N)C(C)C)C[C@@H]1n1cnc2c(=O)[nH]c(N)nc21. The lowest BCUT2D eigenvalue weighted by molar-refractivity contribution is -0.153. The van der Waals surface area contributed by atoms with Crippen LogP contribution in [-0.2, 0) is 27.7 Å². The Labute approximate surface area is 244 Å². The Morgan fingerprint density at radius 2 is 2.17 bits per heavy atom. The summed E-state index contributed by atoms with van der Waals surface area (Å²) in [6, 6.07) is 2.56. The molecule has 226 valence electrons. The highest BCUT2D eigenvalue weighted by molar-refractivity contribution is 7.48. The molecule has 0 spiro atoms. The van der Waals surface area contributed by atoms with Gasteiger partial charge in [-0.3, -0.25) is 28.1 Å². The van der Waals surface area contributed by atoms with Gasteiger partial charge in [-0.15, -0.1) is 0 Å². The average Bonchev–Trinajstić information content (AvgIpc) is 3.48. The average molecular weight is 625 g/mol. The molecule has 0 radical (unpaired) electrons. The Bertz CT molecular complexity index is 1630. The number of phosphoric ester groups is 1. The topological polar surface area (TPSA) is 187 Å². The molecule has 13 nitrogen and oxygen atoms in total. The first-order valence-electron chi connectivity index (χ1n) is 13.3. The second kappa shape index (κ2) is 11.9. The van der Waals surface area contributed by atoms with Crippen LogP contribution in [-0.4, -0.2) is 50.8 Å². The molecule has 5 N–H and O–H groups in total. The largest absolute Gasteiger partial charge is 0.475 e. The third-order valence-corrected chi connectivity index (χ3v) is 9.17. The number of hydrogen-bond acceptors (Lipinski definition) is 11. The van der Waals surface area contributed by atoms with Crippen molar-refractivity contribution >= 4 is 42.5 Å². The smallest absolute Gasteiger partial charge is 0.460 e. The van der Waals surface area contributed by atoms with Crippen LogP contribution in [0.5, 0.6) is 0 Å². The van der Waals surface area contributed by atoms with Gasteiger partial charge in [0.2, 0.25) is 5.95 Å². The maximum atomic E-state index is 14.5. The van der Waals surface area contributed by atoms with E-state index in [1.54, 1.807) is 18.4 Å². The first-order valence-corrected chi connectivity index (χ1v) is 15.1. The number of nitrogens with zero attached hydrogens (tertiary/aromatic N) is 3. The number of carbonyl (C=O) groups excluding carboxylic acids is 1. The van der Waals surface area contributed by atoms with Crippen LogP contribution in [0.15, 0.2) is 41.5 Å². The number of rotatable bonds is 8. The monoisotopic (exact) mass is 624 g/mol. The van der Waals surface area contributed by atoms with E-state index in [-0.39, 0.29) is 54.6 Å². The minimum atomic E-state index is -4.19. The van der Waals surface area contributed by atoms with E-state index in [2.05, 4.69) is 21.5 Å². The highest BCUT2D eigenvalue weighted by Crippen LogP contribution is 2.58. The van der Waals surface area contributed by atoms with Crippen LogP contribution in [0.2, 0.25) is 5.02 Å². The lowest BCUT2D eigenvalue weighted by Crippen LogP contribution is -2.40. The van der Waals surface area contributed by atoms with Gasteiger partial charge in [0.1, 0.15) is 18.0 Å². The molecule has 1 saturated carbocycles. The predicted octanol–water partition coefficient (Wildman–Crippen LogP) is 3.81. The number of nitrogens with one attached hydrogen (secondary N) is 1. The molecule has 16 heteroatoms. The van der Waals surface area contributed by atoms with Gasteiger partial charge in [0.15, 0.2) is 11.2 Å². The third kappa shape index (κ3) is 6.01. The maximum Gasteiger partial charge on any atom is 0.475 e. The van der Waals surface area contributed by atoms with Crippen LogP contribution in [0, 0.1) is 17.7 Å². The highest BCUT2D eigenvalue weighted by Gasteiger charge is 2.45.